The van der Waals surface area contributed by atoms with Crippen LogP contribution in [-0.4, -0.2) is 10.8 Å². The summed E-state index contributed by atoms with van der Waals surface area (Å²) in [7, 11) is 0. The van der Waals surface area contributed by atoms with Gasteiger partial charge in [-0.05, 0) is 50.1 Å². The van der Waals surface area contributed by atoms with Gasteiger partial charge >= 0.3 is 0 Å². The first-order valence-corrected chi connectivity index (χ1v) is 5.88. The number of benzene rings is 1. The summed E-state index contributed by atoms with van der Waals surface area (Å²) in [6.07, 6.45) is 0. The number of rotatable bonds is 2. The summed E-state index contributed by atoms with van der Waals surface area (Å²) < 4.78 is 0. The SMILES string of the molecule is Cc1ccc(-c2ccc(C(=N)N)c(C)n2)cc1C. The predicted molar refractivity (Wildman–Crippen MR) is 74.9 cm³/mol. The van der Waals surface area contributed by atoms with Crippen molar-refractivity contribution < 1.29 is 0 Å². The number of nitrogens with one attached hydrogen (secondary N) is 1. The Morgan fingerprint density at radius 3 is 2.33 bits per heavy atom. The van der Waals surface area contributed by atoms with Crippen LogP contribution in [0.3, 0.4) is 0 Å². The highest BCUT2D eigenvalue weighted by molar-refractivity contribution is 5.96. The minimum atomic E-state index is 0.0617. The van der Waals surface area contributed by atoms with Crippen LogP contribution in [0.1, 0.15) is 22.4 Å². The van der Waals surface area contributed by atoms with Crippen LogP contribution in [0.5, 0.6) is 0 Å². The molecule has 1 aromatic carbocycles. The van der Waals surface area contributed by atoms with Gasteiger partial charge in [-0.3, -0.25) is 10.4 Å². The molecular weight excluding hydrogens is 222 g/mol. The summed E-state index contributed by atoms with van der Waals surface area (Å²) in [6.45, 7) is 6.06. The fourth-order valence-electron chi connectivity index (χ4n) is 1.91. The lowest BCUT2D eigenvalue weighted by Gasteiger charge is -2.08. The number of aryl methyl sites for hydroxylation is 3. The Kier molecular flexibility index (Phi) is 3.15. The first kappa shape index (κ1) is 12.3. The fraction of sp³-hybridized carbons (Fsp3) is 0.200. The van der Waals surface area contributed by atoms with Crippen LogP contribution in [0, 0.1) is 26.2 Å². The van der Waals surface area contributed by atoms with Gasteiger partial charge in [-0.25, -0.2) is 0 Å². The van der Waals surface area contributed by atoms with Crippen molar-refractivity contribution in [2.24, 2.45) is 5.73 Å². The Morgan fingerprint density at radius 1 is 1.06 bits per heavy atom. The third kappa shape index (κ3) is 2.25. The maximum absolute atomic E-state index is 7.45. The van der Waals surface area contributed by atoms with Crippen molar-refractivity contribution >= 4 is 5.84 Å². The van der Waals surface area contributed by atoms with Crippen LogP contribution in [0.2, 0.25) is 0 Å². The molecule has 18 heavy (non-hydrogen) atoms. The topological polar surface area (TPSA) is 62.8 Å². The molecule has 0 spiro atoms. The molecule has 0 amide bonds. The van der Waals surface area contributed by atoms with Crippen molar-refractivity contribution in [2.45, 2.75) is 20.8 Å². The van der Waals surface area contributed by atoms with Crippen molar-refractivity contribution in [3.8, 4) is 11.3 Å². The number of pyridine rings is 1. The molecule has 1 aromatic heterocycles. The van der Waals surface area contributed by atoms with Gasteiger partial charge in [0.25, 0.3) is 0 Å². The molecular formula is C15H17N3. The third-order valence-electron chi connectivity index (χ3n) is 3.18. The Balaban J connectivity index is 2.48. The summed E-state index contributed by atoms with van der Waals surface area (Å²) in [6, 6.07) is 10.1. The Labute approximate surface area is 107 Å². The van der Waals surface area contributed by atoms with E-state index < -0.39 is 0 Å². The van der Waals surface area contributed by atoms with Crippen molar-refractivity contribution in [3.63, 3.8) is 0 Å². The van der Waals surface area contributed by atoms with Crippen LogP contribution in [0.4, 0.5) is 0 Å². The molecule has 0 atom stereocenters. The summed E-state index contributed by atoms with van der Waals surface area (Å²) in [5, 5.41) is 7.45. The summed E-state index contributed by atoms with van der Waals surface area (Å²) in [4.78, 5) is 4.51. The zero-order valence-electron chi connectivity index (χ0n) is 10.9. The molecule has 0 unspecified atom stereocenters. The van der Waals surface area contributed by atoms with Gasteiger partial charge in [0, 0.05) is 16.8 Å². The second kappa shape index (κ2) is 4.61. The first-order valence-electron chi connectivity index (χ1n) is 5.88. The van der Waals surface area contributed by atoms with Gasteiger partial charge in [0.2, 0.25) is 0 Å². The quantitative estimate of drug-likeness (QED) is 0.625. The molecule has 1 heterocycles. The molecule has 0 aliphatic heterocycles. The van der Waals surface area contributed by atoms with Crippen molar-refractivity contribution in [3.05, 3.63) is 52.7 Å². The molecule has 2 rings (SSSR count). The summed E-state index contributed by atoms with van der Waals surface area (Å²) in [5.41, 5.74) is 11.5. The van der Waals surface area contributed by atoms with E-state index in [9.17, 15) is 0 Å². The van der Waals surface area contributed by atoms with E-state index in [1.54, 1.807) is 0 Å². The second-order valence-electron chi connectivity index (χ2n) is 4.54. The number of nitrogens with zero attached hydrogens (tertiary/aromatic N) is 1. The zero-order chi connectivity index (χ0) is 13.3. The second-order valence-corrected chi connectivity index (χ2v) is 4.54. The molecule has 0 aliphatic rings. The van der Waals surface area contributed by atoms with Crippen LogP contribution >= 0.6 is 0 Å². The van der Waals surface area contributed by atoms with Gasteiger partial charge in [-0.1, -0.05) is 12.1 Å². The number of hydrogen-bond donors (Lipinski definition) is 2. The van der Waals surface area contributed by atoms with Gasteiger partial charge < -0.3 is 5.73 Å². The molecule has 3 heteroatoms. The number of aromatic nitrogens is 1. The Bertz CT molecular complexity index is 615. The maximum Gasteiger partial charge on any atom is 0.124 e. The zero-order valence-corrected chi connectivity index (χ0v) is 10.9. The van der Waals surface area contributed by atoms with Gasteiger partial charge in [0.1, 0.15) is 5.84 Å². The van der Waals surface area contributed by atoms with E-state index in [0.717, 1.165) is 17.0 Å². The number of amidine groups is 1. The molecule has 0 bridgehead atoms. The highest BCUT2D eigenvalue weighted by Crippen LogP contribution is 2.21. The maximum atomic E-state index is 7.45. The van der Waals surface area contributed by atoms with E-state index in [1.807, 2.05) is 19.1 Å². The van der Waals surface area contributed by atoms with E-state index in [0.29, 0.717) is 5.56 Å². The Hall–Kier alpha value is -2.16. The molecule has 3 nitrogen and oxygen atoms in total. The van der Waals surface area contributed by atoms with E-state index in [-0.39, 0.29) is 5.84 Å². The predicted octanol–water partition coefficient (Wildman–Crippen LogP) is 2.96. The standard InChI is InChI=1S/C15H17N3/c1-9-4-5-12(8-10(9)2)14-7-6-13(15(16)17)11(3)18-14/h4-8H,1-3H3,(H3,16,17). The minimum absolute atomic E-state index is 0.0617. The highest BCUT2D eigenvalue weighted by Gasteiger charge is 2.06. The average molecular weight is 239 g/mol. The number of nitrogen functional groups attached to an aromatic ring is 1. The lowest BCUT2D eigenvalue weighted by Crippen LogP contribution is -2.13. The van der Waals surface area contributed by atoms with Gasteiger partial charge in [0.15, 0.2) is 0 Å². The smallest absolute Gasteiger partial charge is 0.124 e. The highest BCUT2D eigenvalue weighted by atomic mass is 14.8. The molecule has 0 saturated heterocycles. The van der Waals surface area contributed by atoms with Crippen LogP contribution in [0.25, 0.3) is 11.3 Å². The van der Waals surface area contributed by atoms with E-state index in [1.165, 1.54) is 11.1 Å². The normalized spacial score (nSPS) is 10.4. The number of nitrogens with two attached hydrogens (primary N) is 1. The minimum Gasteiger partial charge on any atom is -0.384 e. The molecule has 3 N–H and O–H groups in total. The monoisotopic (exact) mass is 239 g/mol. The molecule has 0 radical (unpaired) electrons. The van der Waals surface area contributed by atoms with Gasteiger partial charge in [-0.15, -0.1) is 0 Å². The lowest BCUT2D eigenvalue weighted by molar-refractivity contribution is 1.18. The Morgan fingerprint density at radius 2 is 1.78 bits per heavy atom. The van der Waals surface area contributed by atoms with Gasteiger partial charge in [0.05, 0.1) is 5.69 Å². The van der Waals surface area contributed by atoms with E-state index in [4.69, 9.17) is 11.1 Å². The van der Waals surface area contributed by atoms with Crippen LogP contribution < -0.4 is 5.73 Å². The molecule has 92 valence electrons. The molecule has 0 fully saturated rings. The number of hydrogen-bond acceptors (Lipinski definition) is 2. The summed E-state index contributed by atoms with van der Waals surface area (Å²) in [5.74, 6) is 0.0617. The van der Waals surface area contributed by atoms with Crippen molar-refractivity contribution in [2.75, 3.05) is 0 Å². The van der Waals surface area contributed by atoms with Gasteiger partial charge in [-0.2, -0.15) is 0 Å². The molecule has 0 saturated carbocycles. The summed E-state index contributed by atoms with van der Waals surface area (Å²) >= 11 is 0. The fourth-order valence-corrected chi connectivity index (χ4v) is 1.91. The van der Waals surface area contributed by atoms with Crippen LogP contribution in [0.15, 0.2) is 30.3 Å². The molecule has 2 aromatic rings. The average Bonchev–Trinajstić information content (AvgIpc) is 2.32. The van der Waals surface area contributed by atoms with Crippen molar-refractivity contribution in [1.82, 2.24) is 4.98 Å². The third-order valence-corrected chi connectivity index (χ3v) is 3.18. The first-order chi connectivity index (χ1) is 8.49. The van der Waals surface area contributed by atoms with E-state index in [2.05, 4.69) is 37.0 Å². The largest absolute Gasteiger partial charge is 0.384 e. The van der Waals surface area contributed by atoms with Crippen LogP contribution in [-0.2, 0) is 0 Å². The lowest BCUT2D eigenvalue weighted by atomic mass is 10.0. The molecule has 0 aliphatic carbocycles. The van der Waals surface area contributed by atoms with E-state index >= 15 is 0 Å². The van der Waals surface area contributed by atoms with Crippen molar-refractivity contribution in [1.29, 1.82) is 5.41 Å².